The van der Waals surface area contributed by atoms with E-state index in [2.05, 4.69) is 31.3 Å². The van der Waals surface area contributed by atoms with Crippen LogP contribution in [0.1, 0.15) is 51.5 Å². The van der Waals surface area contributed by atoms with Gasteiger partial charge in [0.25, 0.3) is 0 Å². The molecule has 0 amide bonds. The first-order valence-corrected chi connectivity index (χ1v) is 8.11. The number of nitrogens with one attached hydrogen (secondary N) is 1. The minimum Gasteiger partial charge on any atom is -0.464 e. The lowest BCUT2D eigenvalue weighted by Gasteiger charge is -2.39. The van der Waals surface area contributed by atoms with Crippen molar-refractivity contribution in [2.45, 2.75) is 58.4 Å². The van der Waals surface area contributed by atoms with E-state index in [0.717, 1.165) is 37.3 Å². The van der Waals surface area contributed by atoms with Gasteiger partial charge in [0.15, 0.2) is 0 Å². The zero-order valence-corrected chi connectivity index (χ0v) is 13.4. The van der Waals surface area contributed by atoms with Crippen molar-refractivity contribution in [3.63, 3.8) is 0 Å². The topological polar surface area (TPSA) is 38.3 Å². The number of hydrogen-bond donors (Lipinski definition) is 1. The summed E-state index contributed by atoms with van der Waals surface area (Å²) >= 11 is 0. The summed E-state index contributed by atoms with van der Waals surface area (Å²) in [6, 6.07) is 8.21. The highest BCUT2D eigenvalue weighted by Crippen LogP contribution is 2.37. The van der Waals surface area contributed by atoms with Crippen LogP contribution < -0.4 is 5.32 Å². The fourth-order valence-electron chi connectivity index (χ4n) is 3.23. The normalized spacial score (nSPS) is 25.4. The highest BCUT2D eigenvalue weighted by Gasteiger charge is 2.42. The quantitative estimate of drug-likeness (QED) is 0.821. The molecule has 1 saturated carbocycles. The van der Waals surface area contributed by atoms with E-state index in [4.69, 9.17) is 4.74 Å². The Kier molecular flexibility index (Phi) is 5.27. The molecule has 3 nitrogen and oxygen atoms in total. The van der Waals surface area contributed by atoms with Crippen molar-refractivity contribution in [2.24, 2.45) is 5.92 Å². The zero-order valence-electron chi connectivity index (χ0n) is 13.4. The number of hydrogen-bond acceptors (Lipinski definition) is 3. The predicted molar refractivity (Wildman–Crippen MR) is 86.4 cm³/mol. The van der Waals surface area contributed by atoms with Gasteiger partial charge in [-0.2, -0.15) is 0 Å². The predicted octanol–water partition coefficient (Wildman–Crippen LogP) is 4.31. The van der Waals surface area contributed by atoms with Crippen molar-refractivity contribution in [3.8, 4) is 0 Å². The molecule has 2 rings (SSSR count). The molecule has 1 aliphatic carbocycles. The van der Waals surface area contributed by atoms with Gasteiger partial charge in [-0.05, 0) is 63.1 Å². The van der Waals surface area contributed by atoms with E-state index in [1.54, 1.807) is 0 Å². The Morgan fingerprint density at radius 2 is 2.05 bits per heavy atom. The standard InChI is InChI=1S/C18H27NO2/c1-4-15-9-11-18(12-10-15,17(20)21-5-2)19-16-8-6-7-14(3)13-16/h6-8,13,15,19H,4-5,9-12H2,1-3H3. The summed E-state index contributed by atoms with van der Waals surface area (Å²) in [6.45, 7) is 6.61. The first-order valence-electron chi connectivity index (χ1n) is 8.11. The molecule has 3 heteroatoms. The molecule has 0 atom stereocenters. The van der Waals surface area contributed by atoms with Gasteiger partial charge in [0.1, 0.15) is 5.54 Å². The van der Waals surface area contributed by atoms with Crippen molar-refractivity contribution < 1.29 is 9.53 Å². The van der Waals surface area contributed by atoms with Gasteiger partial charge in [-0.25, -0.2) is 4.79 Å². The summed E-state index contributed by atoms with van der Waals surface area (Å²) in [5, 5.41) is 3.49. The first kappa shape index (κ1) is 15.9. The smallest absolute Gasteiger partial charge is 0.331 e. The second-order valence-corrected chi connectivity index (χ2v) is 6.15. The summed E-state index contributed by atoms with van der Waals surface area (Å²) in [6.07, 6.45) is 5.10. The highest BCUT2D eigenvalue weighted by molar-refractivity contribution is 5.84. The van der Waals surface area contributed by atoms with Crippen LogP contribution in [0.4, 0.5) is 5.69 Å². The minimum absolute atomic E-state index is 0.0962. The number of rotatable bonds is 5. The van der Waals surface area contributed by atoms with Gasteiger partial charge in [-0.1, -0.05) is 25.5 Å². The largest absolute Gasteiger partial charge is 0.464 e. The molecule has 0 bridgehead atoms. The monoisotopic (exact) mass is 289 g/mol. The number of anilines is 1. The Labute approximate surface area is 128 Å². The van der Waals surface area contributed by atoms with Gasteiger partial charge in [-0.15, -0.1) is 0 Å². The maximum Gasteiger partial charge on any atom is 0.331 e. The molecule has 0 radical (unpaired) electrons. The van der Waals surface area contributed by atoms with Gasteiger partial charge in [0.05, 0.1) is 6.61 Å². The number of benzene rings is 1. The molecule has 21 heavy (non-hydrogen) atoms. The van der Waals surface area contributed by atoms with Crippen LogP contribution in [0.5, 0.6) is 0 Å². The maximum absolute atomic E-state index is 12.5. The molecule has 1 N–H and O–H groups in total. The summed E-state index contributed by atoms with van der Waals surface area (Å²) in [5.74, 6) is 0.646. The number of carbonyl (C=O) groups excluding carboxylic acids is 1. The molecule has 0 spiro atoms. The van der Waals surface area contributed by atoms with E-state index < -0.39 is 5.54 Å². The molecule has 0 unspecified atom stereocenters. The number of aryl methyl sites for hydroxylation is 1. The van der Waals surface area contributed by atoms with Crippen LogP contribution in [-0.2, 0) is 9.53 Å². The molecular weight excluding hydrogens is 262 g/mol. The molecule has 116 valence electrons. The molecule has 1 aliphatic rings. The van der Waals surface area contributed by atoms with Crippen molar-refractivity contribution in [1.29, 1.82) is 0 Å². The van der Waals surface area contributed by atoms with E-state index >= 15 is 0 Å². The van der Waals surface area contributed by atoms with Crippen LogP contribution in [0.25, 0.3) is 0 Å². The Morgan fingerprint density at radius 1 is 1.33 bits per heavy atom. The Hall–Kier alpha value is -1.51. The number of ether oxygens (including phenoxy) is 1. The molecule has 0 heterocycles. The summed E-state index contributed by atoms with van der Waals surface area (Å²) in [5.41, 5.74) is 1.66. The average Bonchev–Trinajstić information content (AvgIpc) is 2.48. The third-order valence-electron chi connectivity index (χ3n) is 4.60. The van der Waals surface area contributed by atoms with Crippen LogP contribution in [0, 0.1) is 12.8 Å². The zero-order chi connectivity index (χ0) is 15.3. The third-order valence-corrected chi connectivity index (χ3v) is 4.60. The van der Waals surface area contributed by atoms with Crippen molar-refractivity contribution in [3.05, 3.63) is 29.8 Å². The summed E-state index contributed by atoms with van der Waals surface area (Å²) in [4.78, 5) is 12.5. The first-order chi connectivity index (χ1) is 10.1. The Morgan fingerprint density at radius 3 is 2.62 bits per heavy atom. The second kappa shape index (κ2) is 6.97. The summed E-state index contributed by atoms with van der Waals surface area (Å²) in [7, 11) is 0. The molecular formula is C18H27NO2. The number of carbonyl (C=O) groups is 1. The van der Waals surface area contributed by atoms with Crippen LogP contribution in [0.2, 0.25) is 0 Å². The molecule has 1 aromatic carbocycles. The van der Waals surface area contributed by atoms with Gasteiger partial charge >= 0.3 is 5.97 Å². The Balaban J connectivity index is 2.18. The highest BCUT2D eigenvalue weighted by atomic mass is 16.5. The average molecular weight is 289 g/mol. The van der Waals surface area contributed by atoms with E-state index in [1.165, 1.54) is 12.0 Å². The van der Waals surface area contributed by atoms with Crippen LogP contribution >= 0.6 is 0 Å². The molecule has 1 aromatic rings. The van der Waals surface area contributed by atoms with E-state index in [9.17, 15) is 4.79 Å². The lowest BCUT2D eigenvalue weighted by atomic mass is 9.75. The van der Waals surface area contributed by atoms with Gasteiger partial charge in [0.2, 0.25) is 0 Å². The molecule has 0 saturated heterocycles. The fourth-order valence-corrected chi connectivity index (χ4v) is 3.23. The number of esters is 1. The lowest BCUT2D eigenvalue weighted by Crippen LogP contribution is -2.50. The Bertz CT molecular complexity index is 476. The minimum atomic E-state index is -0.546. The van der Waals surface area contributed by atoms with Crippen molar-refractivity contribution in [2.75, 3.05) is 11.9 Å². The second-order valence-electron chi connectivity index (χ2n) is 6.15. The fraction of sp³-hybridized carbons (Fsp3) is 0.611. The molecule has 1 fully saturated rings. The van der Waals surface area contributed by atoms with E-state index in [1.807, 2.05) is 19.1 Å². The maximum atomic E-state index is 12.5. The van der Waals surface area contributed by atoms with Crippen molar-refractivity contribution >= 4 is 11.7 Å². The van der Waals surface area contributed by atoms with Crippen LogP contribution in [0.15, 0.2) is 24.3 Å². The van der Waals surface area contributed by atoms with E-state index in [0.29, 0.717) is 6.61 Å². The molecule has 0 aliphatic heterocycles. The van der Waals surface area contributed by atoms with Gasteiger partial charge in [-0.3, -0.25) is 0 Å². The summed E-state index contributed by atoms with van der Waals surface area (Å²) < 4.78 is 5.35. The van der Waals surface area contributed by atoms with E-state index in [-0.39, 0.29) is 5.97 Å². The SMILES string of the molecule is CCOC(=O)C1(Nc2cccc(C)c2)CCC(CC)CC1. The van der Waals surface area contributed by atoms with Crippen LogP contribution in [0.3, 0.4) is 0 Å². The van der Waals surface area contributed by atoms with Gasteiger partial charge < -0.3 is 10.1 Å². The van der Waals surface area contributed by atoms with Crippen molar-refractivity contribution in [1.82, 2.24) is 0 Å². The lowest BCUT2D eigenvalue weighted by molar-refractivity contribution is -0.150. The third kappa shape index (κ3) is 3.78. The molecule has 0 aromatic heterocycles. The van der Waals surface area contributed by atoms with Crippen LogP contribution in [-0.4, -0.2) is 18.1 Å². The van der Waals surface area contributed by atoms with Gasteiger partial charge in [0, 0.05) is 5.69 Å².